The molecule has 8 heteroatoms. The molecule has 4 heterocycles. The van der Waals surface area contributed by atoms with Gasteiger partial charge in [-0.2, -0.15) is 0 Å². The molecule has 0 aliphatic carbocycles. The Kier molecular flexibility index (Phi) is 4.63. The minimum Gasteiger partial charge on any atom is -0.385 e. The number of amides is 2. The van der Waals surface area contributed by atoms with Gasteiger partial charge in [0.25, 0.3) is 0 Å². The number of rotatable bonds is 7. The van der Waals surface area contributed by atoms with Crippen LogP contribution < -0.4 is 5.32 Å². The minimum absolute atomic E-state index is 0.00440. The summed E-state index contributed by atoms with van der Waals surface area (Å²) in [6.07, 6.45) is 6.11. The molecule has 1 spiro atoms. The van der Waals surface area contributed by atoms with Gasteiger partial charge in [-0.05, 0) is 31.5 Å². The number of benzene rings is 1. The molecular formula is C22H26N4O4. The number of aryl methyl sites for hydroxylation is 1. The standard InChI is InChI=1S/C22H26N4O4/c1-3-25-13-23-15-11-14(5-6-16(15)25)24-20(27)18-17-7-8-22(30-17)12-26(9-4-10-29-2)21(28)19(18)22/h5-8,11,13,17-19H,3-4,9-10,12H2,1-2H3,(H,24,27)/t17-,18-,19-,22+/m1/s1. The van der Waals surface area contributed by atoms with Crippen LogP contribution in [0.2, 0.25) is 0 Å². The largest absolute Gasteiger partial charge is 0.385 e. The molecule has 0 radical (unpaired) electrons. The van der Waals surface area contributed by atoms with Crippen molar-refractivity contribution >= 4 is 28.5 Å². The molecule has 0 saturated carbocycles. The Morgan fingerprint density at radius 3 is 3.10 bits per heavy atom. The smallest absolute Gasteiger partial charge is 0.231 e. The second-order valence-corrected chi connectivity index (χ2v) is 8.23. The van der Waals surface area contributed by atoms with Gasteiger partial charge < -0.3 is 24.3 Å². The Labute approximate surface area is 174 Å². The second-order valence-electron chi connectivity index (χ2n) is 8.23. The van der Waals surface area contributed by atoms with Crippen molar-refractivity contribution in [2.24, 2.45) is 11.8 Å². The SMILES string of the molecule is CCn1cnc2cc(NC(=O)[C@@H]3[C@H]4C=C[C@@]5(CN(CCCOC)C(=O)[C@@H]35)O4)ccc21. The number of likely N-dealkylation sites (tertiary alicyclic amines) is 1. The quantitative estimate of drug-likeness (QED) is 0.556. The summed E-state index contributed by atoms with van der Waals surface area (Å²) >= 11 is 0. The van der Waals surface area contributed by atoms with Crippen LogP contribution in [0.4, 0.5) is 5.69 Å². The predicted molar refractivity (Wildman–Crippen MR) is 111 cm³/mol. The lowest BCUT2D eigenvalue weighted by Gasteiger charge is -2.23. The Balaban J connectivity index is 1.35. The van der Waals surface area contributed by atoms with Crippen molar-refractivity contribution in [2.75, 3.05) is 32.1 Å². The van der Waals surface area contributed by atoms with Gasteiger partial charge in [0.05, 0.1) is 41.8 Å². The molecule has 4 atom stereocenters. The van der Waals surface area contributed by atoms with E-state index in [0.717, 1.165) is 24.0 Å². The summed E-state index contributed by atoms with van der Waals surface area (Å²) < 4.78 is 13.3. The van der Waals surface area contributed by atoms with E-state index in [1.807, 2.05) is 30.4 Å². The number of fused-ring (bicyclic) bond motifs is 2. The number of methoxy groups -OCH3 is 1. The highest BCUT2D eigenvalue weighted by molar-refractivity contribution is 6.00. The summed E-state index contributed by atoms with van der Waals surface area (Å²) in [5.74, 6) is -1.19. The fourth-order valence-corrected chi connectivity index (χ4v) is 5.09. The molecule has 3 aliphatic rings. The van der Waals surface area contributed by atoms with Crippen molar-refractivity contribution in [3.05, 3.63) is 36.7 Å². The van der Waals surface area contributed by atoms with Crippen LogP contribution >= 0.6 is 0 Å². The van der Waals surface area contributed by atoms with Gasteiger partial charge in [0.1, 0.15) is 5.60 Å². The lowest BCUT2D eigenvalue weighted by molar-refractivity contribution is -0.135. The second kappa shape index (κ2) is 7.21. The molecule has 2 fully saturated rings. The van der Waals surface area contributed by atoms with Crippen molar-refractivity contribution in [3.63, 3.8) is 0 Å². The molecule has 2 aromatic rings. The Bertz CT molecular complexity index is 1030. The molecule has 158 valence electrons. The van der Waals surface area contributed by atoms with Crippen LogP contribution in [0.1, 0.15) is 13.3 Å². The summed E-state index contributed by atoms with van der Waals surface area (Å²) in [6.45, 7) is 4.60. The van der Waals surface area contributed by atoms with Crippen LogP contribution in [0.15, 0.2) is 36.7 Å². The topological polar surface area (TPSA) is 85.7 Å². The van der Waals surface area contributed by atoms with Crippen LogP contribution in [0.5, 0.6) is 0 Å². The van der Waals surface area contributed by atoms with Gasteiger partial charge in [0.2, 0.25) is 11.8 Å². The summed E-state index contributed by atoms with van der Waals surface area (Å²) in [7, 11) is 1.65. The van der Waals surface area contributed by atoms with Gasteiger partial charge >= 0.3 is 0 Å². The van der Waals surface area contributed by atoms with Crippen molar-refractivity contribution in [1.29, 1.82) is 0 Å². The molecule has 8 nitrogen and oxygen atoms in total. The maximum Gasteiger partial charge on any atom is 0.231 e. The van der Waals surface area contributed by atoms with Crippen LogP contribution in [0, 0.1) is 11.8 Å². The fraction of sp³-hybridized carbons (Fsp3) is 0.500. The number of nitrogens with one attached hydrogen (secondary N) is 1. The average molecular weight is 410 g/mol. The van der Waals surface area contributed by atoms with E-state index in [0.29, 0.717) is 25.4 Å². The third-order valence-electron chi connectivity index (χ3n) is 6.49. The summed E-state index contributed by atoms with van der Waals surface area (Å²) in [4.78, 5) is 32.5. The zero-order valence-corrected chi connectivity index (χ0v) is 17.2. The Hall–Kier alpha value is -2.71. The van der Waals surface area contributed by atoms with E-state index in [1.54, 1.807) is 18.3 Å². The zero-order chi connectivity index (χ0) is 20.9. The molecule has 30 heavy (non-hydrogen) atoms. The normalized spacial score (nSPS) is 29.2. The summed E-state index contributed by atoms with van der Waals surface area (Å²) in [6, 6.07) is 5.70. The number of carbonyl (C=O) groups is 2. The summed E-state index contributed by atoms with van der Waals surface area (Å²) in [5, 5.41) is 2.99. The van der Waals surface area contributed by atoms with Gasteiger partial charge in [0.15, 0.2) is 0 Å². The van der Waals surface area contributed by atoms with Gasteiger partial charge in [-0.15, -0.1) is 0 Å². The van der Waals surface area contributed by atoms with Crippen LogP contribution in [0.3, 0.4) is 0 Å². The Morgan fingerprint density at radius 2 is 2.30 bits per heavy atom. The van der Waals surface area contributed by atoms with E-state index in [2.05, 4.69) is 21.8 Å². The first-order valence-electron chi connectivity index (χ1n) is 10.5. The highest BCUT2D eigenvalue weighted by atomic mass is 16.5. The number of nitrogens with zero attached hydrogens (tertiary/aromatic N) is 3. The predicted octanol–water partition coefficient (Wildman–Crippen LogP) is 1.81. The Morgan fingerprint density at radius 1 is 1.43 bits per heavy atom. The first kappa shape index (κ1) is 19.3. The molecule has 2 amide bonds. The van der Waals surface area contributed by atoms with Crippen LogP contribution in [-0.2, 0) is 25.6 Å². The van der Waals surface area contributed by atoms with E-state index in [-0.39, 0.29) is 17.9 Å². The third kappa shape index (κ3) is 2.86. The number of ether oxygens (including phenoxy) is 2. The van der Waals surface area contributed by atoms with Crippen molar-refractivity contribution in [3.8, 4) is 0 Å². The van der Waals surface area contributed by atoms with Gasteiger partial charge in [-0.25, -0.2) is 4.98 Å². The van der Waals surface area contributed by atoms with E-state index in [4.69, 9.17) is 9.47 Å². The number of aromatic nitrogens is 2. The number of hydrogen-bond donors (Lipinski definition) is 1. The third-order valence-corrected chi connectivity index (χ3v) is 6.49. The van der Waals surface area contributed by atoms with Crippen LogP contribution in [0.25, 0.3) is 11.0 Å². The molecule has 0 unspecified atom stereocenters. The highest BCUT2D eigenvalue weighted by Crippen LogP contribution is 2.52. The van der Waals surface area contributed by atoms with E-state index >= 15 is 0 Å². The van der Waals surface area contributed by atoms with E-state index < -0.39 is 17.4 Å². The number of anilines is 1. The fourth-order valence-electron chi connectivity index (χ4n) is 5.09. The average Bonchev–Trinajstić information content (AvgIpc) is 3.47. The molecule has 2 saturated heterocycles. The monoisotopic (exact) mass is 410 g/mol. The lowest BCUT2D eigenvalue weighted by Crippen LogP contribution is -2.41. The molecule has 1 aromatic heterocycles. The highest BCUT2D eigenvalue weighted by Gasteiger charge is 2.66. The molecule has 3 aliphatic heterocycles. The molecular weight excluding hydrogens is 384 g/mol. The molecule has 1 N–H and O–H groups in total. The van der Waals surface area contributed by atoms with E-state index in [1.165, 1.54) is 0 Å². The minimum atomic E-state index is -0.680. The number of imidazole rings is 1. The van der Waals surface area contributed by atoms with Gasteiger partial charge in [-0.3, -0.25) is 9.59 Å². The van der Waals surface area contributed by atoms with E-state index in [9.17, 15) is 9.59 Å². The first-order valence-corrected chi connectivity index (χ1v) is 10.5. The summed E-state index contributed by atoms with van der Waals surface area (Å²) in [5.41, 5.74) is 1.85. The number of hydrogen-bond acceptors (Lipinski definition) is 5. The first-order chi connectivity index (χ1) is 14.6. The maximum atomic E-state index is 13.2. The molecule has 1 aromatic carbocycles. The van der Waals surface area contributed by atoms with Gasteiger partial charge in [0, 0.05) is 32.5 Å². The van der Waals surface area contributed by atoms with Crippen molar-refractivity contribution in [2.45, 2.75) is 31.6 Å². The molecule has 2 bridgehead atoms. The maximum absolute atomic E-state index is 13.2. The van der Waals surface area contributed by atoms with Crippen molar-refractivity contribution in [1.82, 2.24) is 14.5 Å². The van der Waals surface area contributed by atoms with Gasteiger partial charge in [-0.1, -0.05) is 12.2 Å². The zero-order valence-electron chi connectivity index (χ0n) is 17.2. The van der Waals surface area contributed by atoms with Crippen LogP contribution in [-0.4, -0.2) is 64.8 Å². The number of carbonyl (C=O) groups excluding carboxylic acids is 2. The lowest BCUT2D eigenvalue weighted by atomic mass is 9.77. The van der Waals surface area contributed by atoms with Crippen molar-refractivity contribution < 1.29 is 19.1 Å². The molecule has 5 rings (SSSR count).